The van der Waals surface area contributed by atoms with E-state index in [-0.39, 0.29) is 11.3 Å². The predicted molar refractivity (Wildman–Crippen MR) is 80.6 cm³/mol. The maximum absolute atomic E-state index is 12.3. The first-order chi connectivity index (χ1) is 9.97. The largest absolute Gasteiger partial charge is 0.427 e. The zero-order chi connectivity index (χ0) is 16.9. The molecule has 0 bridgehead atoms. The van der Waals surface area contributed by atoms with Gasteiger partial charge >= 0.3 is 11.9 Å². The van der Waals surface area contributed by atoms with Crippen LogP contribution in [0.1, 0.15) is 34.6 Å². The third-order valence-electron chi connectivity index (χ3n) is 3.71. The van der Waals surface area contributed by atoms with Gasteiger partial charge in [-0.2, -0.15) is 0 Å². The maximum atomic E-state index is 12.3. The summed E-state index contributed by atoms with van der Waals surface area (Å²) in [6.07, 6.45) is 0. The van der Waals surface area contributed by atoms with E-state index in [9.17, 15) is 14.4 Å². The fraction of sp³-hybridized carbons (Fsp3) is 0.786. The fourth-order valence-corrected chi connectivity index (χ4v) is 4.02. The van der Waals surface area contributed by atoms with Crippen LogP contribution in [0.15, 0.2) is 0 Å². The van der Waals surface area contributed by atoms with Gasteiger partial charge in [-0.1, -0.05) is 0 Å². The molecular formula is C14H22N2O5S. The van der Waals surface area contributed by atoms with Crippen molar-refractivity contribution < 1.29 is 23.9 Å². The predicted octanol–water partition coefficient (Wildman–Crippen LogP) is 0.466. The second kappa shape index (κ2) is 5.42. The molecular weight excluding hydrogens is 308 g/mol. The highest BCUT2D eigenvalue weighted by molar-refractivity contribution is 8.01. The van der Waals surface area contributed by atoms with Crippen LogP contribution in [0.3, 0.4) is 0 Å². The summed E-state index contributed by atoms with van der Waals surface area (Å²) in [5.74, 6) is -1.29. The van der Waals surface area contributed by atoms with Gasteiger partial charge in [-0.15, -0.1) is 11.8 Å². The molecule has 0 aromatic heterocycles. The molecule has 2 aliphatic heterocycles. The van der Waals surface area contributed by atoms with Gasteiger partial charge in [0.05, 0.1) is 5.41 Å². The first-order valence-electron chi connectivity index (χ1n) is 7.06. The van der Waals surface area contributed by atoms with Crippen LogP contribution in [-0.2, 0) is 23.9 Å². The summed E-state index contributed by atoms with van der Waals surface area (Å²) in [4.78, 5) is 37.2. The third kappa shape index (κ3) is 2.81. The van der Waals surface area contributed by atoms with Crippen molar-refractivity contribution in [3.05, 3.63) is 0 Å². The van der Waals surface area contributed by atoms with Crippen LogP contribution in [0, 0.1) is 5.41 Å². The molecule has 0 saturated carbocycles. The summed E-state index contributed by atoms with van der Waals surface area (Å²) in [5.41, 5.74) is 5.08. The van der Waals surface area contributed by atoms with E-state index < -0.39 is 41.0 Å². The van der Waals surface area contributed by atoms with E-state index in [2.05, 4.69) is 0 Å². The lowest BCUT2D eigenvalue weighted by atomic mass is 9.96. The van der Waals surface area contributed by atoms with Gasteiger partial charge in [0.25, 0.3) is 0 Å². The first kappa shape index (κ1) is 17.1. The van der Waals surface area contributed by atoms with E-state index in [0.29, 0.717) is 0 Å². The lowest BCUT2D eigenvalue weighted by Crippen LogP contribution is -2.68. The number of hydrogen-bond donors (Lipinski definition) is 1. The average molecular weight is 330 g/mol. The number of nitrogens with zero attached hydrogens (tertiary/aromatic N) is 1. The number of β-lactam (4-membered cyclic amide) rings is 1. The lowest BCUT2D eigenvalue weighted by Gasteiger charge is -2.41. The number of rotatable bonds is 3. The Hall–Kier alpha value is -1.28. The van der Waals surface area contributed by atoms with Gasteiger partial charge in [0.2, 0.25) is 12.7 Å². The molecule has 0 spiro atoms. The van der Waals surface area contributed by atoms with Crippen LogP contribution in [0.2, 0.25) is 0 Å². The number of fused-ring (bicyclic) bond motifs is 1. The van der Waals surface area contributed by atoms with Crippen LogP contribution in [-0.4, -0.2) is 51.7 Å². The van der Waals surface area contributed by atoms with Crippen LogP contribution >= 0.6 is 11.8 Å². The minimum absolute atomic E-state index is 0.197. The van der Waals surface area contributed by atoms with Crippen molar-refractivity contribution in [1.82, 2.24) is 4.90 Å². The van der Waals surface area contributed by atoms with Crippen LogP contribution in [0.4, 0.5) is 0 Å². The Morgan fingerprint density at radius 2 is 1.91 bits per heavy atom. The third-order valence-corrected chi connectivity index (χ3v) is 5.30. The molecule has 1 amide bonds. The Morgan fingerprint density at radius 1 is 1.32 bits per heavy atom. The van der Waals surface area contributed by atoms with Crippen molar-refractivity contribution in [2.45, 2.75) is 56.8 Å². The number of carbonyl (C=O) groups is 3. The zero-order valence-electron chi connectivity index (χ0n) is 13.4. The number of hydrogen-bond acceptors (Lipinski definition) is 7. The molecule has 2 unspecified atom stereocenters. The van der Waals surface area contributed by atoms with Gasteiger partial charge in [-0.25, -0.2) is 4.79 Å². The first-order valence-corrected chi connectivity index (χ1v) is 7.94. The van der Waals surface area contributed by atoms with Crippen molar-refractivity contribution in [1.29, 1.82) is 0 Å². The van der Waals surface area contributed by atoms with Crippen LogP contribution in [0.5, 0.6) is 0 Å². The summed E-state index contributed by atoms with van der Waals surface area (Å²) in [6.45, 7) is 8.40. The molecule has 0 aliphatic carbocycles. The van der Waals surface area contributed by atoms with Crippen molar-refractivity contribution >= 4 is 29.6 Å². The standard InChI is InChI=1S/C14H22N2O5S/c1-13(2,3)12(19)21-6-20-11(18)8-14(4,5)22-10-7(15)9(17)16(8)10/h7-8,10H,6,15H2,1-5H3/t7?,8?,10-/m0/s1. The number of thioether (sulfide) groups is 1. The Morgan fingerprint density at radius 3 is 2.45 bits per heavy atom. The summed E-state index contributed by atoms with van der Waals surface area (Å²) in [7, 11) is 0. The maximum Gasteiger partial charge on any atom is 0.333 e. The molecule has 0 radical (unpaired) electrons. The van der Waals surface area contributed by atoms with E-state index in [1.165, 1.54) is 16.7 Å². The van der Waals surface area contributed by atoms with Crippen LogP contribution < -0.4 is 5.73 Å². The number of carbonyl (C=O) groups excluding carboxylic acids is 3. The fourth-order valence-electron chi connectivity index (χ4n) is 2.46. The van der Waals surface area contributed by atoms with E-state index in [1.807, 2.05) is 13.8 Å². The van der Waals surface area contributed by atoms with Gasteiger partial charge in [-0.05, 0) is 34.6 Å². The molecule has 2 aliphatic rings. The monoisotopic (exact) mass is 330 g/mol. The molecule has 2 saturated heterocycles. The summed E-state index contributed by atoms with van der Waals surface area (Å²) >= 11 is 1.48. The molecule has 22 heavy (non-hydrogen) atoms. The van der Waals surface area contributed by atoms with Crippen LogP contribution in [0.25, 0.3) is 0 Å². The average Bonchev–Trinajstić information content (AvgIpc) is 2.65. The Balaban J connectivity index is 1.95. The van der Waals surface area contributed by atoms with Crippen molar-refractivity contribution in [3.63, 3.8) is 0 Å². The Bertz CT molecular complexity index is 514. The molecule has 124 valence electrons. The molecule has 0 aromatic rings. The zero-order valence-corrected chi connectivity index (χ0v) is 14.2. The number of amides is 1. The molecule has 2 heterocycles. The minimum atomic E-state index is -0.719. The molecule has 8 heteroatoms. The van der Waals surface area contributed by atoms with E-state index in [1.54, 1.807) is 20.8 Å². The van der Waals surface area contributed by atoms with Crippen molar-refractivity contribution in [3.8, 4) is 0 Å². The van der Waals surface area contributed by atoms with Gasteiger partial charge in [-0.3, -0.25) is 9.59 Å². The Labute approximate surface area is 133 Å². The molecule has 2 rings (SSSR count). The van der Waals surface area contributed by atoms with Crippen molar-refractivity contribution in [2.24, 2.45) is 11.1 Å². The molecule has 2 fully saturated rings. The lowest BCUT2D eigenvalue weighted by molar-refractivity contribution is -0.179. The van der Waals surface area contributed by atoms with E-state index in [0.717, 1.165) is 0 Å². The molecule has 7 nitrogen and oxygen atoms in total. The summed E-state index contributed by atoms with van der Waals surface area (Å²) in [6, 6.07) is -1.29. The summed E-state index contributed by atoms with van der Waals surface area (Å²) < 4.78 is 9.45. The topological polar surface area (TPSA) is 98.9 Å². The van der Waals surface area contributed by atoms with E-state index in [4.69, 9.17) is 15.2 Å². The second-order valence-corrected chi connectivity index (χ2v) is 8.82. The minimum Gasteiger partial charge on any atom is -0.427 e. The van der Waals surface area contributed by atoms with Gasteiger partial charge < -0.3 is 20.1 Å². The highest BCUT2D eigenvalue weighted by Crippen LogP contribution is 2.50. The van der Waals surface area contributed by atoms with Crippen molar-refractivity contribution in [2.75, 3.05) is 6.79 Å². The normalized spacial score (nSPS) is 29.6. The quantitative estimate of drug-likeness (QED) is 0.456. The number of ether oxygens (including phenoxy) is 2. The highest BCUT2D eigenvalue weighted by atomic mass is 32.2. The molecule has 2 N–H and O–H groups in total. The second-order valence-electron chi connectivity index (χ2n) is 7.05. The van der Waals surface area contributed by atoms with Gasteiger partial charge in [0.15, 0.2) is 0 Å². The number of nitrogens with two attached hydrogens (primary N) is 1. The smallest absolute Gasteiger partial charge is 0.333 e. The van der Waals surface area contributed by atoms with Gasteiger partial charge in [0.1, 0.15) is 17.5 Å². The van der Waals surface area contributed by atoms with Gasteiger partial charge in [0, 0.05) is 4.75 Å². The molecule has 0 aromatic carbocycles. The molecule has 3 atom stereocenters. The SMILES string of the molecule is CC(C)(C)C(=O)OCOC(=O)C1N2C(=O)C(N)[C@@H]2SC1(C)C. The Kier molecular flexibility index (Phi) is 4.20. The summed E-state index contributed by atoms with van der Waals surface area (Å²) in [5, 5.41) is -0.197. The highest BCUT2D eigenvalue weighted by Gasteiger charge is 2.63. The van der Waals surface area contributed by atoms with E-state index >= 15 is 0 Å². The number of esters is 2.